The highest BCUT2D eigenvalue weighted by molar-refractivity contribution is 7.92. The average molecular weight is 384 g/mol. The topological polar surface area (TPSA) is 46.6 Å². The molecule has 1 saturated carbocycles. The van der Waals surface area contributed by atoms with Crippen molar-refractivity contribution in [1.82, 2.24) is 0 Å². The maximum absolute atomic E-state index is 13.6. The summed E-state index contributed by atoms with van der Waals surface area (Å²) in [6.07, 6.45) is 6.33. The summed E-state index contributed by atoms with van der Waals surface area (Å²) in [5, 5.41) is 0. The van der Waals surface area contributed by atoms with Crippen molar-refractivity contribution >= 4 is 15.7 Å². The molecular weight excluding hydrogens is 358 g/mol. The summed E-state index contributed by atoms with van der Waals surface area (Å²) in [5.41, 5.74) is 4.39. The second-order valence-corrected chi connectivity index (χ2v) is 10.1. The van der Waals surface area contributed by atoms with Gasteiger partial charge in [0.1, 0.15) is 0 Å². The molecule has 5 heteroatoms. The first-order valence-corrected chi connectivity index (χ1v) is 11.2. The first kappa shape index (κ1) is 17.3. The molecule has 1 aliphatic heterocycles. The van der Waals surface area contributed by atoms with Crippen LogP contribution in [0.5, 0.6) is 0 Å². The van der Waals surface area contributed by atoms with Gasteiger partial charge >= 0.3 is 0 Å². The van der Waals surface area contributed by atoms with E-state index in [-0.39, 0.29) is 11.5 Å². The number of ether oxygens (including phenoxy) is 1. The molecule has 1 unspecified atom stereocenters. The van der Waals surface area contributed by atoms with Crippen LogP contribution in [0.3, 0.4) is 0 Å². The molecule has 0 N–H and O–H groups in total. The lowest BCUT2D eigenvalue weighted by atomic mass is 9.81. The zero-order valence-corrected chi connectivity index (χ0v) is 16.5. The normalized spacial score (nSPS) is 23.0. The van der Waals surface area contributed by atoms with Gasteiger partial charge in [-0.2, -0.15) is 0 Å². The standard InChI is InChI=1S/C22H25NO3S/c1-26-18-12-16-8-9-19(14-17(16)13-18)27(24,25)23-15-22(10-4-5-11-22)20-6-2-3-7-21(20)23/h2-3,6-9,14,18H,4-5,10-13,15H2,1H3. The van der Waals surface area contributed by atoms with E-state index < -0.39 is 10.0 Å². The van der Waals surface area contributed by atoms with Crippen molar-refractivity contribution in [1.29, 1.82) is 0 Å². The fraction of sp³-hybridized carbons (Fsp3) is 0.455. The van der Waals surface area contributed by atoms with Crippen LogP contribution >= 0.6 is 0 Å². The minimum Gasteiger partial charge on any atom is -0.381 e. The third kappa shape index (κ3) is 2.55. The molecular formula is C22H25NO3S. The molecule has 0 aromatic heterocycles. The van der Waals surface area contributed by atoms with Gasteiger partial charge in [0.2, 0.25) is 0 Å². The molecule has 5 rings (SSSR count). The van der Waals surface area contributed by atoms with Gasteiger partial charge in [-0.15, -0.1) is 0 Å². The quantitative estimate of drug-likeness (QED) is 0.809. The zero-order valence-electron chi connectivity index (χ0n) is 15.6. The van der Waals surface area contributed by atoms with E-state index in [2.05, 4.69) is 6.07 Å². The lowest BCUT2D eigenvalue weighted by Gasteiger charge is -2.25. The molecule has 1 spiro atoms. The van der Waals surface area contributed by atoms with Gasteiger partial charge in [-0.05, 0) is 60.6 Å². The smallest absolute Gasteiger partial charge is 0.264 e. The van der Waals surface area contributed by atoms with Crippen molar-refractivity contribution in [3.63, 3.8) is 0 Å². The Morgan fingerprint density at radius 1 is 1.04 bits per heavy atom. The SMILES string of the molecule is COC1Cc2ccc(S(=O)(=O)N3CC4(CCCC4)c4ccccc43)cc2C1. The second kappa shape index (κ2) is 6.08. The molecule has 0 bridgehead atoms. The van der Waals surface area contributed by atoms with Crippen molar-refractivity contribution in [2.24, 2.45) is 0 Å². The number of fused-ring (bicyclic) bond motifs is 3. The zero-order chi connectivity index (χ0) is 18.6. The minimum atomic E-state index is -3.57. The van der Waals surface area contributed by atoms with E-state index in [1.54, 1.807) is 17.5 Å². The van der Waals surface area contributed by atoms with Gasteiger partial charge in [0.15, 0.2) is 0 Å². The van der Waals surface area contributed by atoms with Gasteiger partial charge in [0.25, 0.3) is 10.0 Å². The van der Waals surface area contributed by atoms with E-state index in [0.29, 0.717) is 11.4 Å². The van der Waals surface area contributed by atoms with Crippen molar-refractivity contribution in [2.45, 2.75) is 54.9 Å². The van der Waals surface area contributed by atoms with Crippen LogP contribution in [0.1, 0.15) is 42.4 Å². The van der Waals surface area contributed by atoms with Gasteiger partial charge in [-0.25, -0.2) is 8.42 Å². The van der Waals surface area contributed by atoms with E-state index in [0.717, 1.165) is 36.9 Å². The lowest BCUT2D eigenvalue weighted by Crippen LogP contribution is -2.35. The van der Waals surface area contributed by atoms with Crippen LogP contribution in [0, 0.1) is 0 Å². The van der Waals surface area contributed by atoms with Crippen LogP contribution in [0.4, 0.5) is 5.69 Å². The van der Waals surface area contributed by atoms with Crippen LogP contribution in [0.2, 0.25) is 0 Å². The van der Waals surface area contributed by atoms with Crippen LogP contribution in [-0.2, 0) is 33.0 Å². The summed E-state index contributed by atoms with van der Waals surface area (Å²) in [4.78, 5) is 0.405. The van der Waals surface area contributed by atoms with Gasteiger partial charge in [-0.3, -0.25) is 4.31 Å². The highest BCUT2D eigenvalue weighted by atomic mass is 32.2. The fourth-order valence-electron chi connectivity index (χ4n) is 5.29. The van der Waals surface area contributed by atoms with Crippen molar-refractivity contribution in [3.8, 4) is 0 Å². The summed E-state index contributed by atoms with van der Waals surface area (Å²) in [5.74, 6) is 0. The predicted octanol–water partition coefficient (Wildman–Crippen LogP) is 3.82. The van der Waals surface area contributed by atoms with Crippen molar-refractivity contribution in [2.75, 3.05) is 18.0 Å². The largest absolute Gasteiger partial charge is 0.381 e. The Morgan fingerprint density at radius 3 is 2.56 bits per heavy atom. The molecule has 4 nitrogen and oxygen atoms in total. The summed E-state index contributed by atoms with van der Waals surface area (Å²) < 4.78 is 34.3. The number of hydrogen-bond acceptors (Lipinski definition) is 3. The van der Waals surface area contributed by atoms with Gasteiger partial charge in [0, 0.05) is 19.1 Å². The maximum Gasteiger partial charge on any atom is 0.264 e. The third-order valence-corrected chi connectivity index (χ3v) is 8.50. The Morgan fingerprint density at radius 2 is 1.78 bits per heavy atom. The van der Waals surface area contributed by atoms with Crippen LogP contribution in [0.15, 0.2) is 47.4 Å². The molecule has 27 heavy (non-hydrogen) atoms. The number of hydrogen-bond donors (Lipinski definition) is 0. The summed E-state index contributed by atoms with van der Waals surface area (Å²) in [7, 11) is -1.85. The number of benzene rings is 2. The molecule has 142 valence electrons. The molecule has 3 aliphatic rings. The molecule has 2 aromatic carbocycles. The Bertz CT molecular complexity index is 992. The number of anilines is 1. The Balaban J connectivity index is 1.55. The van der Waals surface area contributed by atoms with Crippen molar-refractivity contribution < 1.29 is 13.2 Å². The number of nitrogens with zero attached hydrogens (tertiary/aromatic N) is 1. The highest BCUT2D eigenvalue weighted by Crippen LogP contribution is 2.51. The Labute approximate surface area is 161 Å². The van der Waals surface area contributed by atoms with Crippen LogP contribution in [0.25, 0.3) is 0 Å². The van der Waals surface area contributed by atoms with E-state index in [9.17, 15) is 8.42 Å². The lowest BCUT2D eigenvalue weighted by molar-refractivity contribution is 0.112. The summed E-state index contributed by atoms with van der Waals surface area (Å²) in [6, 6.07) is 13.7. The average Bonchev–Trinajstić information content (AvgIpc) is 3.39. The van der Waals surface area contributed by atoms with Gasteiger partial charge in [-0.1, -0.05) is 37.1 Å². The number of para-hydroxylation sites is 1. The van der Waals surface area contributed by atoms with E-state index >= 15 is 0 Å². The summed E-state index contributed by atoms with van der Waals surface area (Å²) in [6.45, 7) is 0.576. The second-order valence-electron chi connectivity index (χ2n) is 8.21. The first-order chi connectivity index (χ1) is 13.0. The number of rotatable bonds is 3. The molecule has 1 heterocycles. The highest BCUT2D eigenvalue weighted by Gasteiger charge is 2.48. The van der Waals surface area contributed by atoms with E-state index in [4.69, 9.17) is 4.74 Å². The Kier molecular flexibility index (Phi) is 3.89. The minimum absolute atomic E-state index is 0.00153. The first-order valence-electron chi connectivity index (χ1n) is 9.80. The third-order valence-electron chi connectivity index (χ3n) is 6.75. The van der Waals surface area contributed by atoms with Crippen LogP contribution in [-0.4, -0.2) is 28.2 Å². The molecule has 0 amide bonds. The molecule has 1 fully saturated rings. The van der Waals surface area contributed by atoms with Crippen LogP contribution < -0.4 is 4.31 Å². The van der Waals surface area contributed by atoms with Gasteiger partial charge < -0.3 is 4.74 Å². The number of sulfonamides is 1. The monoisotopic (exact) mass is 383 g/mol. The molecule has 1 atom stereocenters. The van der Waals surface area contributed by atoms with E-state index in [1.807, 2.05) is 30.3 Å². The molecule has 0 radical (unpaired) electrons. The van der Waals surface area contributed by atoms with Gasteiger partial charge in [0.05, 0.1) is 16.7 Å². The molecule has 0 saturated heterocycles. The summed E-state index contributed by atoms with van der Waals surface area (Å²) >= 11 is 0. The molecule has 2 aliphatic carbocycles. The Hall–Kier alpha value is -1.85. The predicted molar refractivity (Wildman–Crippen MR) is 106 cm³/mol. The number of methoxy groups -OCH3 is 1. The van der Waals surface area contributed by atoms with E-state index in [1.165, 1.54) is 24.0 Å². The fourth-order valence-corrected chi connectivity index (χ4v) is 6.91. The maximum atomic E-state index is 13.6. The molecule has 2 aromatic rings. The van der Waals surface area contributed by atoms with Crippen molar-refractivity contribution in [3.05, 3.63) is 59.2 Å².